The molecule has 32 heavy (non-hydrogen) atoms. The monoisotopic (exact) mass is 455 g/mol. The van der Waals surface area contributed by atoms with E-state index in [2.05, 4.69) is 25.8 Å². The van der Waals surface area contributed by atoms with E-state index in [9.17, 15) is 4.79 Å². The second-order valence-corrected chi connectivity index (χ2v) is 9.08. The topological polar surface area (TPSA) is 66.9 Å². The number of aromatic nitrogens is 1. The van der Waals surface area contributed by atoms with Crippen LogP contribution in [-0.4, -0.2) is 31.8 Å². The molecule has 0 unspecified atom stereocenters. The van der Waals surface area contributed by atoms with E-state index in [4.69, 9.17) is 18.9 Å². The Kier molecular flexibility index (Phi) is 7.75. The number of hydrogen-bond acceptors (Lipinski definition) is 7. The fraction of sp³-hybridized carbons (Fsp3) is 0.360. The summed E-state index contributed by atoms with van der Waals surface area (Å²) in [5.41, 5.74) is 2.84. The molecule has 0 amide bonds. The van der Waals surface area contributed by atoms with Crippen molar-refractivity contribution in [2.75, 3.05) is 20.8 Å². The maximum atomic E-state index is 12.1. The number of thiazole rings is 1. The quantitative estimate of drug-likeness (QED) is 0.389. The van der Waals surface area contributed by atoms with Crippen LogP contribution in [0.1, 0.15) is 38.4 Å². The average molecular weight is 456 g/mol. The summed E-state index contributed by atoms with van der Waals surface area (Å²) in [5.74, 6) is 1.67. The third-order valence-electron chi connectivity index (χ3n) is 4.86. The van der Waals surface area contributed by atoms with Crippen molar-refractivity contribution in [3.8, 4) is 27.8 Å². The van der Waals surface area contributed by atoms with Crippen molar-refractivity contribution in [3.63, 3.8) is 0 Å². The number of methoxy groups -OCH3 is 2. The molecule has 2 aromatic carbocycles. The normalized spacial score (nSPS) is 11.2. The van der Waals surface area contributed by atoms with Crippen LogP contribution in [0.2, 0.25) is 0 Å². The predicted octanol–water partition coefficient (Wildman–Crippen LogP) is 5.64. The number of esters is 1. The first kappa shape index (κ1) is 23.6. The van der Waals surface area contributed by atoms with Gasteiger partial charge in [0.05, 0.1) is 38.5 Å². The van der Waals surface area contributed by atoms with Gasteiger partial charge in [-0.1, -0.05) is 39.0 Å². The molecular weight excluding hydrogens is 426 g/mol. The molecule has 0 aliphatic carbocycles. The van der Waals surface area contributed by atoms with E-state index < -0.39 is 0 Å². The zero-order valence-corrected chi connectivity index (χ0v) is 20.0. The number of rotatable bonds is 9. The Labute approximate surface area is 193 Å². The molecule has 6 nitrogen and oxygen atoms in total. The second kappa shape index (κ2) is 10.5. The Morgan fingerprint density at radius 1 is 1.03 bits per heavy atom. The van der Waals surface area contributed by atoms with Gasteiger partial charge in [-0.3, -0.25) is 4.79 Å². The molecule has 1 aromatic heterocycles. The number of para-hydroxylation sites is 1. The summed E-state index contributed by atoms with van der Waals surface area (Å²) in [4.78, 5) is 16.7. The van der Waals surface area contributed by atoms with Crippen molar-refractivity contribution < 1.29 is 23.7 Å². The molecule has 0 saturated carbocycles. The van der Waals surface area contributed by atoms with E-state index in [0.29, 0.717) is 17.2 Å². The number of carbonyl (C=O) groups excluding carboxylic acids is 1. The maximum Gasteiger partial charge on any atom is 0.309 e. The molecule has 0 atom stereocenters. The lowest BCUT2D eigenvalue weighted by atomic mass is 9.87. The Morgan fingerprint density at radius 3 is 2.44 bits per heavy atom. The number of benzene rings is 2. The molecule has 1 heterocycles. The van der Waals surface area contributed by atoms with Gasteiger partial charge >= 0.3 is 5.97 Å². The van der Waals surface area contributed by atoms with Crippen LogP contribution in [0.25, 0.3) is 10.6 Å². The number of hydrogen-bond donors (Lipinski definition) is 0. The first-order valence-corrected chi connectivity index (χ1v) is 11.2. The summed E-state index contributed by atoms with van der Waals surface area (Å²) in [6.45, 7) is 6.87. The molecule has 3 rings (SSSR count). The highest BCUT2D eigenvalue weighted by molar-refractivity contribution is 7.13. The van der Waals surface area contributed by atoms with Crippen molar-refractivity contribution in [1.82, 2.24) is 4.98 Å². The highest BCUT2D eigenvalue weighted by Gasteiger charge is 2.16. The van der Waals surface area contributed by atoms with Crippen molar-refractivity contribution in [3.05, 3.63) is 59.1 Å². The summed E-state index contributed by atoms with van der Waals surface area (Å²) in [6.07, 6.45) is 0.168. The fourth-order valence-electron chi connectivity index (χ4n) is 3.08. The fourth-order valence-corrected chi connectivity index (χ4v) is 3.91. The maximum absolute atomic E-state index is 12.1. The van der Waals surface area contributed by atoms with Gasteiger partial charge in [-0.05, 0) is 35.2 Å². The molecule has 0 aliphatic rings. The van der Waals surface area contributed by atoms with Crippen molar-refractivity contribution in [2.24, 2.45) is 0 Å². The van der Waals surface area contributed by atoms with Crippen LogP contribution in [0.4, 0.5) is 0 Å². The molecular formula is C25H29NO5S. The molecule has 170 valence electrons. The third kappa shape index (κ3) is 6.01. The van der Waals surface area contributed by atoms with E-state index in [-0.39, 0.29) is 31.0 Å². The van der Waals surface area contributed by atoms with Gasteiger partial charge in [0, 0.05) is 5.38 Å². The molecule has 3 aromatic rings. The lowest BCUT2D eigenvalue weighted by molar-refractivity contribution is -0.145. The number of nitrogens with zero attached hydrogens (tertiary/aromatic N) is 1. The van der Waals surface area contributed by atoms with Gasteiger partial charge in [-0.25, -0.2) is 4.98 Å². The van der Waals surface area contributed by atoms with Crippen molar-refractivity contribution in [1.29, 1.82) is 0 Å². The lowest BCUT2D eigenvalue weighted by Crippen LogP contribution is -2.11. The van der Waals surface area contributed by atoms with Crippen LogP contribution in [0.15, 0.2) is 47.8 Å². The predicted molar refractivity (Wildman–Crippen MR) is 126 cm³/mol. The molecule has 0 bridgehead atoms. The van der Waals surface area contributed by atoms with Gasteiger partial charge in [0.1, 0.15) is 17.4 Å². The molecule has 0 N–H and O–H groups in total. The zero-order chi connectivity index (χ0) is 23.1. The van der Waals surface area contributed by atoms with E-state index >= 15 is 0 Å². The summed E-state index contributed by atoms with van der Waals surface area (Å²) in [6, 6.07) is 13.6. The minimum Gasteiger partial charge on any atom is -0.493 e. The Hall–Kier alpha value is -3.06. The van der Waals surface area contributed by atoms with Gasteiger partial charge in [-0.15, -0.1) is 11.3 Å². The van der Waals surface area contributed by atoms with E-state index in [0.717, 1.165) is 16.3 Å². The third-order valence-corrected chi connectivity index (χ3v) is 5.79. The smallest absolute Gasteiger partial charge is 0.309 e. The first-order valence-electron chi connectivity index (χ1n) is 10.4. The summed E-state index contributed by atoms with van der Waals surface area (Å²) in [5, 5.41) is 2.64. The Morgan fingerprint density at radius 2 is 1.78 bits per heavy atom. The number of ether oxygens (including phenoxy) is 4. The SMILES string of the molecule is COc1cccc(-c2nc(COC(=O)CCOc3ccc(C(C)(C)C)cc3)cs2)c1OC. The summed E-state index contributed by atoms with van der Waals surface area (Å²) in [7, 11) is 3.19. The van der Waals surface area contributed by atoms with Crippen molar-refractivity contribution >= 4 is 17.3 Å². The molecule has 0 radical (unpaired) electrons. The summed E-state index contributed by atoms with van der Waals surface area (Å²) < 4.78 is 21.8. The highest BCUT2D eigenvalue weighted by Crippen LogP contribution is 2.39. The first-order chi connectivity index (χ1) is 15.3. The Balaban J connectivity index is 1.49. The largest absolute Gasteiger partial charge is 0.493 e. The van der Waals surface area contributed by atoms with Gasteiger partial charge in [0.25, 0.3) is 0 Å². The van der Waals surface area contributed by atoms with Crippen LogP contribution in [0, 0.1) is 0 Å². The van der Waals surface area contributed by atoms with E-state index in [1.54, 1.807) is 14.2 Å². The summed E-state index contributed by atoms with van der Waals surface area (Å²) >= 11 is 1.46. The Bertz CT molecular complexity index is 1040. The lowest BCUT2D eigenvalue weighted by Gasteiger charge is -2.19. The van der Waals surface area contributed by atoms with Crippen LogP contribution >= 0.6 is 11.3 Å². The zero-order valence-electron chi connectivity index (χ0n) is 19.1. The average Bonchev–Trinajstić information content (AvgIpc) is 3.25. The second-order valence-electron chi connectivity index (χ2n) is 8.22. The minimum absolute atomic E-state index is 0.0929. The standard InChI is InChI=1S/C25H29NO5S/c1-25(2,3)17-9-11-19(12-10-17)30-14-13-22(27)31-15-18-16-32-24(26-18)20-7-6-8-21(28-4)23(20)29-5/h6-12,16H,13-15H2,1-5H3. The van der Waals surface area contributed by atoms with Crippen LogP contribution < -0.4 is 14.2 Å². The molecule has 0 spiro atoms. The molecule has 0 aliphatic heterocycles. The van der Waals surface area contributed by atoms with Crippen LogP contribution in [0.5, 0.6) is 17.2 Å². The minimum atomic E-state index is -0.329. The van der Waals surface area contributed by atoms with Gasteiger partial charge in [0.2, 0.25) is 0 Å². The van der Waals surface area contributed by atoms with Gasteiger partial charge in [-0.2, -0.15) is 0 Å². The highest BCUT2D eigenvalue weighted by atomic mass is 32.1. The molecule has 0 saturated heterocycles. The van der Waals surface area contributed by atoms with Gasteiger partial charge < -0.3 is 18.9 Å². The van der Waals surface area contributed by atoms with E-state index in [1.165, 1.54) is 16.9 Å². The van der Waals surface area contributed by atoms with Gasteiger partial charge in [0.15, 0.2) is 11.5 Å². The molecule has 0 fully saturated rings. The molecule has 7 heteroatoms. The van der Waals surface area contributed by atoms with Crippen LogP contribution in [0.3, 0.4) is 0 Å². The van der Waals surface area contributed by atoms with Crippen molar-refractivity contribution in [2.45, 2.75) is 39.2 Å². The van der Waals surface area contributed by atoms with E-state index in [1.807, 2.05) is 47.8 Å². The van der Waals surface area contributed by atoms with Crippen LogP contribution in [-0.2, 0) is 21.6 Å². The number of carbonyl (C=O) groups is 1.